The first-order chi connectivity index (χ1) is 11.7. The van der Waals surface area contributed by atoms with Gasteiger partial charge in [0.05, 0.1) is 18.1 Å². The predicted molar refractivity (Wildman–Crippen MR) is 99.6 cm³/mol. The fraction of sp³-hybridized carbons (Fsp3) is 0.190. The maximum Gasteiger partial charge on any atom is 0.140 e. The summed E-state index contributed by atoms with van der Waals surface area (Å²) in [7, 11) is 3.75. The minimum absolute atomic E-state index is 0.857. The summed E-state index contributed by atoms with van der Waals surface area (Å²) in [6, 6.07) is 19.1. The molecule has 0 aliphatic carbocycles. The van der Waals surface area contributed by atoms with Gasteiger partial charge in [0.2, 0.25) is 0 Å². The number of hydrogen-bond acceptors (Lipinski definition) is 2. The van der Waals surface area contributed by atoms with E-state index in [1.54, 1.807) is 7.11 Å². The van der Waals surface area contributed by atoms with Gasteiger partial charge in [-0.1, -0.05) is 31.2 Å². The Kier molecular flexibility index (Phi) is 3.49. The summed E-state index contributed by atoms with van der Waals surface area (Å²) in [5.74, 6) is 1.83. The molecule has 1 heterocycles. The molecule has 120 valence electrons. The summed E-state index contributed by atoms with van der Waals surface area (Å²) in [5, 5.41) is 2.46. The molecule has 1 aromatic heterocycles. The Morgan fingerprint density at radius 1 is 1.00 bits per heavy atom. The first kappa shape index (κ1) is 14.8. The molecular formula is C21H20N2O. The number of aromatic nitrogens is 2. The molecule has 0 saturated heterocycles. The van der Waals surface area contributed by atoms with Crippen molar-refractivity contribution in [2.45, 2.75) is 13.3 Å². The van der Waals surface area contributed by atoms with Crippen LogP contribution >= 0.6 is 0 Å². The Bertz CT molecular complexity index is 1030. The number of rotatable bonds is 3. The van der Waals surface area contributed by atoms with Crippen molar-refractivity contribution in [1.82, 2.24) is 9.55 Å². The van der Waals surface area contributed by atoms with E-state index in [1.807, 2.05) is 12.1 Å². The lowest BCUT2D eigenvalue weighted by atomic mass is 10.0. The molecule has 24 heavy (non-hydrogen) atoms. The van der Waals surface area contributed by atoms with Gasteiger partial charge in [-0.3, -0.25) is 0 Å². The molecule has 0 aliphatic rings. The van der Waals surface area contributed by atoms with Crippen LogP contribution in [0, 0.1) is 0 Å². The SMILES string of the molecule is CCc1ccc2c(ccc3c2nc(-c2ccc(OC)cc2)n3C)c1. The molecule has 0 N–H and O–H groups in total. The van der Waals surface area contributed by atoms with Crippen molar-refractivity contribution in [2.24, 2.45) is 7.05 Å². The van der Waals surface area contributed by atoms with Gasteiger partial charge in [0, 0.05) is 18.0 Å². The second-order valence-electron chi connectivity index (χ2n) is 6.07. The fourth-order valence-corrected chi connectivity index (χ4v) is 3.25. The van der Waals surface area contributed by atoms with E-state index < -0.39 is 0 Å². The maximum absolute atomic E-state index is 5.25. The van der Waals surface area contributed by atoms with Gasteiger partial charge >= 0.3 is 0 Å². The van der Waals surface area contributed by atoms with Gasteiger partial charge in [-0.05, 0) is 47.7 Å². The molecule has 3 aromatic carbocycles. The minimum atomic E-state index is 0.857. The summed E-state index contributed by atoms with van der Waals surface area (Å²) in [6.07, 6.45) is 1.05. The Morgan fingerprint density at radius 2 is 1.79 bits per heavy atom. The molecule has 0 radical (unpaired) electrons. The molecule has 3 nitrogen and oxygen atoms in total. The third kappa shape index (κ3) is 2.24. The lowest BCUT2D eigenvalue weighted by molar-refractivity contribution is 0.415. The standard InChI is InChI=1S/C21H20N2O/c1-4-14-5-11-18-16(13-14)8-12-19-20(18)22-21(23(19)2)15-6-9-17(24-3)10-7-15/h5-13H,4H2,1-3H3. The molecule has 4 aromatic rings. The highest BCUT2D eigenvalue weighted by Gasteiger charge is 2.12. The zero-order valence-corrected chi connectivity index (χ0v) is 14.2. The second kappa shape index (κ2) is 5.68. The summed E-state index contributed by atoms with van der Waals surface area (Å²) >= 11 is 0. The van der Waals surface area contributed by atoms with E-state index in [0.717, 1.165) is 34.6 Å². The van der Waals surface area contributed by atoms with E-state index in [2.05, 4.69) is 61.0 Å². The number of methoxy groups -OCH3 is 1. The van der Waals surface area contributed by atoms with Gasteiger partial charge < -0.3 is 9.30 Å². The summed E-state index contributed by atoms with van der Waals surface area (Å²) in [6.45, 7) is 2.18. The van der Waals surface area contributed by atoms with Crippen molar-refractivity contribution < 1.29 is 4.74 Å². The van der Waals surface area contributed by atoms with Crippen LogP contribution in [0.2, 0.25) is 0 Å². The van der Waals surface area contributed by atoms with Gasteiger partial charge in [0.25, 0.3) is 0 Å². The van der Waals surface area contributed by atoms with Crippen molar-refractivity contribution >= 4 is 21.8 Å². The van der Waals surface area contributed by atoms with Crippen molar-refractivity contribution in [3.63, 3.8) is 0 Å². The summed E-state index contributed by atoms with van der Waals surface area (Å²) in [4.78, 5) is 4.94. The smallest absolute Gasteiger partial charge is 0.140 e. The molecule has 0 aliphatic heterocycles. The molecule has 0 saturated carbocycles. The minimum Gasteiger partial charge on any atom is -0.497 e. The predicted octanol–water partition coefficient (Wildman–Crippen LogP) is 4.96. The van der Waals surface area contributed by atoms with Gasteiger partial charge in [-0.2, -0.15) is 0 Å². The topological polar surface area (TPSA) is 27.1 Å². The number of fused-ring (bicyclic) bond motifs is 3. The summed E-state index contributed by atoms with van der Waals surface area (Å²) < 4.78 is 7.40. The van der Waals surface area contributed by atoms with Crippen molar-refractivity contribution in [3.8, 4) is 17.1 Å². The number of hydrogen-bond donors (Lipinski definition) is 0. The molecule has 4 rings (SSSR count). The van der Waals surface area contributed by atoms with Crippen LogP contribution in [0.3, 0.4) is 0 Å². The molecule has 0 unspecified atom stereocenters. The lowest BCUT2D eigenvalue weighted by Crippen LogP contribution is -1.92. The third-order valence-corrected chi connectivity index (χ3v) is 4.69. The molecule has 0 bridgehead atoms. The first-order valence-corrected chi connectivity index (χ1v) is 8.23. The Morgan fingerprint density at radius 3 is 2.50 bits per heavy atom. The van der Waals surface area contributed by atoms with E-state index >= 15 is 0 Å². The van der Waals surface area contributed by atoms with E-state index in [9.17, 15) is 0 Å². The Labute approximate surface area is 141 Å². The molecule has 3 heteroatoms. The van der Waals surface area contributed by atoms with Crippen molar-refractivity contribution in [1.29, 1.82) is 0 Å². The van der Waals surface area contributed by atoms with Crippen molar-refractivity contribution in [3.05, 3.63) is 60.2 Å². The van der Waals surface area contributed by atoms with Gasteiger partial charge in [0.1, 0.15) is 11.6 Å². The normalized spacial score (nSPS) is 11.3. The van der Waals surface area contributed by atoms with Crippen LogP contribution in [0.5, 0.6) is 5.75 Å². The molecule has 0 spiro atoms. The highest BCUT2D eigenvalue weighted by molar-refractivity contribution is 6.05. The van der Waals surface area contributed by atoms with Crippen LogP contribution in [-0.2, 0) is 13.5 Å². The van der Waals surface area contributed by atoms with Crippen LogP contribution in [-0.4, -0.2) is 16.7 Å². The van der Waals surface area contributed by atoms with E-state index in [-0.39, 0.29) is 0 Å². The lowest BCUT2D eigenvalue weighted by Gasteiger charge is -2.04. The van der Waals surface area contributed by atoms with Crippen molar-refractivity contribution in [2.75, 3.05) is 7.11 Å². The van der Waals surface area contributed by atoms with Gasteiger partial charge in [-0.25, -0.2) is 4.98 Å². The number of ether oxygens (including phenoxy) is 1. The molecule has 0 atom stereocenters. The highest BCUT2D eigenvalue weighted by Crippen LogP contribution is 2.30. The fourth-order valence-electron chi connectivity index (χ4n) is 3.25. The van der Waals surface area contributed by atoms with Crippen LogP contribution in [0.15, 0.2) is 54.6 Å². The largest absolute Gasteiger partial charge is 0.497 e. The zero-order chi connectivity index (χ0) is 16.7. The van der Waals surface area contributed by atoms with Crippen LogP contribution in [0.4, 0.5) is 0 Å². The van der Waals surface area contributed by atoms with Gasteiger partial charge in [-0.15, -0.1) is 0 Å². The number of aryl methyl sites for hydroxylation is 2. The first-order valence-electron chi connectivity index (χ1n) is 8.23. The quantitative estimate of drug-likeness (QED) is 0.534. The number of benzene rings is 3. The van der Waals surface area contributed by atoms with E-state index in [1.165, 1.54) is 16.3 Å². The monoisotopic (exact) mass is 316 g/mol. The highest BCUT2D eigenvalue weighted by atomic mass is 16.5. The summed E-state index contributed by atoms with van der Waals surface area (Å²) in [5.41, 5.74) is 4.65. The van der Waals surface area contributed by atoms with E-state index in [4.69, 9.17) is 9.72 Å². The van der Waals surface area contributed by atoms with Gasteiger partial charge in [0.15, 0.2) is 0 Å². The number of imidazole rings is 1. The number of nitrogens with zero attached hydrogens (tertiary/aromatic N) is 2. The molecule has 0 fully saturated rings. The molecular weight excluding hydrogens is 296 g/mol. The average molecular weight is 316 g/mol. The second-order valence-corrected chi connectivity index (χ2v) is 6.07. The Hall–Kier alpha value is -2.81. The average Bonchev–Trinajstić information content (AvgIpc) is 2.98. The van der Waals surface area contributed by atoms with E-state index in [0.29, 0.717) is 0 Å². The van der Waals surface area contributed by atoms with Crippen LogP contribution < -0.4 is 4.74 Å². The maximum atomic E-state index is 5.25. The van der Waals surface area contributed by atoms with Crippen LogP contribution in [0.1, 0.15) is 12.5 Å². The van der Waals surface area contributed by atoms with Crippen LogP contribution in [0.25, 0.3) is 33.2 Å². The third-order valence-electron chi connectivity index (χ3n) is 4.69. The zero-order valence-electron chi connectivity index (χ0n) is 14.2. The Balaban J connectivity index is 1.94. The molecule has 0 amide bonds.